The van der Waals surface area contributed by atoms with E-state index in [1.165, 1.54) is 63.4 Å². The van der Waals surface area contributed by atoms with Gasteiger partial charge in [0, 0.05) is 45.3 Å². The lowest BCUT2D eigenvalue weighted by Crippen LogP contribution is -2.55. The highest BCUT2D eigenvalue weighted by Crippen LogP contribution is 2.66. The molecular weight excluding hydrogens is 452 g/mol. The molecule has 0 heterocycles. The van der Waals surface area contributed by atoms with E-state index in [2.05, 4.69) is 13.0 Å². The van der Waals surface area contributed by atoms with Gasteiger partial charge < -0.3 is 24.1 Å². The molecule has 204 valence electrons. The highest BCUT2D eigenvalue weighted by Gasteiger charge is 2.62. The van der Waals surface area contributed by atoms with Gasteiger partial charge in [-0.3, -0.25) is 0 Å². The van der Waals surface area contributed by atoms with Crippen LogP contribution in [0.2, 0.25) is 0 Å². The van der Waals surface area contributed by atoms with E-state index in [1.807, 2.05) is 14.2 Å². The van der Waals surface area contributed by atoms with E-state index in [0.717, 1.165) is 57.5 Å². The third-order valence-electron chi connectivity index (χ3n) is 12.2. The van der Waals surface area contributed by atoms with Gasteiger partial charge in [-0.05, 0) is 100 Å². The van der Waals surface area contributed by atoms with Gasteiger partial charge >= 0.3 is 0 Å². The van der Waals surface area contributed by atoms with Crippen molar-refractivity contribution in [3.05, 3.63) is 11.6 Å². The van der Waals surface area contributed by atoms with E-state index in [-0.39, 0.29) is 22.7 Å². The van der Waals surface area contributed by atoms with Crippen molar-refractivity contribution in [1.82, 2.24) is 0 Å². The fraction of sp³-hybridized carbons (Fsp3) is 0.935. The van der Waals surface area contributed by atoms with Crippen LogP contribution in [-0.2, 0) is 18.9 Å². The van der Waals surface area contributed by atoms with Crippen molar-refractivity contribution in [2.24, 2.45) is 28.6 Å². The predicted octanol–water partition coefficient (Wildman–Crippen LogP) is 6.53. The Kier molecular flexibility index (Phi) is 6.90. The molecular formula is C31H50O5. The molecule has 0 aromatic carbocycles. The molecule has 6 aliphatic carbocycles. The van der Waals surface area contributed by atoms with E-state index in [1.54, 1.807) is 0 Å². The third kappa shape index (κ3) is 4.06. The summed E-state index contributed by atoms with van der Waals surface area (Å²) >= 11 is 0. The molecule has 0 radical (unpaired) electrons. The zero-order chi connectivity index (χ0) is 25.0. The molecule has 5 saturated carbocycles. The number of hydrogen-bond donors (Lipinski definition) is 1. The van der Waals surface area contributed by atoms with Crippen molar-refractivity contribution in [2.75, 3.05) is 20.8 Å². The molecule has 0 saturated heterocycles. The first-order valence-electron chi connectivity index (χ1n) is 15.2. The smallest absolute Gasteiger partial charge is 0.168 e. The van der Waals surface area contributed by atoms with Crippen molar-refractivity contribution in [3.8, 4) is 0 Å². The van der Waals surface area contributed by atoms with Crippen LogP contribution in [0.5, 0.6) is 0 Å². The molecule has 5 heteroatoms. The summed E-state index contributed by atoms with van der Waals surface area (Å²) in [7, 11) is 3.68. The number of methoxy groups -OCH3 is 2. The quantitative estimate of drug-likeness (QED) is 0.317. The minimum Gasteiger partial charge on any atom is -0.389 e. The summed E-state index contributed by atoms with van der Waals surface area (Å²) in [6.07, 6.45) is 20.4. The number of fused-ring (bicyclic) bond motifs is 5. The molecule has 6 rings (SSSR count). The monoisotopic (exact) mass is 502 g/mol. The number of aliphatic hydroxyl groups is 1. The molecule has 0 unspecified atom stereocenters. The highest BCUT2D eigenvalue weighted by molar-refractivity contribution is 5.27. The summed E-state index contributed by atoms with van der Waals surface area (Å²) in [5.74, 6) is 1.34. The van der Waals surface area contributed by atoms with E-state index >= 15 is 0 Å². The van der Waals surface area contributed by atoms with Gasteiger partial charge in [0.2, 0.25) is 0 Å². The van der Waals surface area contributed by atoms with Gasteiger partial charge in [-0.1, -0.05) is 18.6 Å². The average Bonchev–Trinajstić information content (AvgIpc) is 3.63. The molecule has 1 N–H and O–H groups in total. The standard InChI is InChI=1S/C31H50O5/c1-28-18-13-26-24(25(28)10-11-27(28)36-31(34-3)16-6-7-17-31)9-8-22-20-23(32)12-19-29(22,26)21-35-30(33-2)14-4-5-15-30/h20,23-27,32H,4-19,21H2,1-3H3/t23-,24-,25-,26-,27-,28-,29+/m0/s1. The number of rotatable bonds is 7. The summed E-state index contributed by atoms with van der Waals surface area (Å²) in [5.41, 5.74) is 1.80. The largest absolute Gasteiger partial charge is 0.389 e. The Morgan fingerprint density at radius 1 is 0.806 bits per heavy atom. The van der Waals surface area contributed by atoms with Crippen LogP contribution in [0.25, 0.3) is 0 Å². The first kappa shape index (κ1) is 25.8. The van der Waals surface area contributed by atoms with Crippen molar-refractivity contribution in [2.45, 2.75) is 133 Å². The topological polar surface area (TPSA) is 57.2 Å². The Morgan fingerprint density at radius 3 is 2.19 bits per heavy atom. The van der Waals surface area contributed by atoms with Gasteiger partial charge in [-0.2, -0.15) is 0 Å². The van der Waals surface area contributed by atoms with Gasteiger partial charge in [-0.25, -0.2) is 0 Å². The summed E-state index contributed by atoms with van der Waals surface area (Å²) in [6, 6.07) is 0. The highest BCUT2D eigenvalue weighted by atomic mass is 16.7. The lowest BCUT2D eigenvalue weighted by molar-refractivity contribution is -0.266. The fourth-order valence-corrected chi connectivity index (χ4v) is 10.0. The lowest BCUT2D eigenvalue weighted by Gasteiger charge is -2.59. The summed E-state index contributed by atoms with van der Waals surface area (Å²) in [5, 5.41) is 10.6. The summed E-state index contributed by atoms with van der Waals surface area (Å²) < 4.78 is 25.7. The Balaban J connectivity index is 1.25. The molecule has 0 aliphatic heterocycles. The van der Waals surface area contributed by atoms with Crippen molar-refractivity contribution < 1.29 is 24.1 Å². The van der Waals surface area contributed by atoms with Gasteiger partial charge in [0.25, 0.3) is 0 Å². The van der Waals surface area contributed by atoms with E-state index < -0.39 is 5.79 Å². The molecule has 6 aliphatic rings. The molecule has 0 amide bonds. The fourth-order valence-electron chi connectivity index (χ4n) is 10.0. The molecule has 0 aromatic rings. The minimum absolute atomic E-state index is 0.0652. The molecule has 5 nitrogen and oxygen atoms in total. The molecule has 0 spiro atoms. The van der Waals surface area contributed by atoms with Crippen molar-refractivity contribution in [3.63, 3.8) is 0 Å². The SMILES string of the molecule is COC1(OC[C@]23CC[C@H](O)C=C2CC[C@@H]2[C@@H]3CC[C@]3(C)[C@@H](OC4(OC)CCCC4)CC[C@@H]23)CCCC1. The minimum atomic E-state index is -0.395. The van der Waals surface area contributed by atoms with E-state index in [4.69, 9.17) is 18.9 Å². The van der Waals surface area contributed by atoms with Crippen LogP contribution in [0.1, 0.15) is 110 Å². The van der Waals surface area contributed by atoms with Gasteiger partial charge in [0.15, 0.2) is 11.6 Å². The van der Waals surface area contributed by atoms with E-state index in [9.17, 15) is 5.11 Å². The van der Waals surface area contributed by atoms with Crippen molar-refractivity contribution in [1.29, 1.82) is 0 Å². The Morgan fingerprint density at radius 2 is 1.50 bits per heavy atom. The molecule has 0 bridgehead atoms. The van der Waals surface area contributed by atoms with Gasteiger partial charge in [-0.15, -0.1) is 0 Å². The maximum atomic E-state index is 10.6. The summed E-state index contributed by atoms with van der Waals surface area (Å²) in [4.78, 5) is 0. The maximum Gasteiger partial charge on any atom is 0.168 e. The molecule has 5 fully saturated rings. The second-order valence-electron chi connectivity index (χ2n) is 13.5. The maximum absolute atomic E-state index is 10.6. The third-order valence-corrected chi connectivity index (χ3v) is 12.2. The van der Waals surface area contributed by atoms with Gasteiger partial charge in [0.1, 0.15) is 0 Å². The van der Waals surface area contributed by atoms with Crippen LogP contribution in [0.15, 0.2) is 11.6 Å². The Bertz CT molecular complexity index is 827. The van der Waals surface area contributed by atoms with E-state index in [0.29, 0.717) is 17.9 Å². The van der Waals surface area contributed by atoms with Crippen LogP contribution in [0.3, 0.4) is 0 Å². The summed E-state index contributed by atoms with van der Waals surface area (Å²) in [6.45, 7) is 3.30. The van der Waals surface area contributed by atoms with Crippen LogP contribution in [0.4, 0.5) is 0 Å². The second-order valence-corrected chi connectivity index (χ2v) is 13.5. The molecule has 0 aromatic heterocycles. The first-order chi connectivity index (χ1) is 17.4. The molecule has 36 heavy (non-hydrogen) atoms. The zero-order valence-corrected chi connectivity index (χ0v) is 23.1. The Hall–Kier alpha value is -0.460. The van der Waals surface area contributed by atoms with Crippen LogP contribution < -0.4 is 0 Å². The van der Waals surface area contributed by atoms with Crippen LogP contribution in [0, 0.1) is 28.6 Å². The van der Waals surface area contributed by atoms with Crippen molar-refractivity contribution >= 4 is 0 Å². The zero-order valence-electron chi connectivity index (χ0n) is 23.1. The predicted molar refractivity (Wildman–Crippen MR) is 139 cm³/mol. The normalized spacial score (nSPS) is 45.1. The average molecular weight is 503 g/mol. The first-order valence-corrected chi connectivity index (χ1v) is 15.2. The van der Waals surface area contributed by atoms with Crippen LogP contribution >= 0.6 is 0 Å². The lowest BCUT2D eigenvalue weighted by atomic mass is 9.47. The van der Waals surface area contributed by atoms with Gasteiger partial charge in [0.05, 0.1) is 18.8 Å². The number of ether oxygens (including phenoxy) is 4. The molecule has 7 atom stereocenters. The Labute approximate surface area is 218 Å². The second kappa shape index (κ2) is 9.62. The van der Waals surface area contributed by atoms with Crippen LogP contribution in [-0.4, -0.2) is 49.7 Å². The number of hydrogen-bond acceptors (Lipinski definition) is 5. The number of aliphatic hydroxyl groups excluding tert-OH is 1.